The molecule has 0 atom stereocenters. The minimum absolute atomic E-state index is 0.692. The normalized spacial score (nSPS) is 11.5. The maximum atomic E-state index is 11.6. The monoisotopic (exact) mass is 209 g/mol. The van der Waals surface area contributed by atoms with E-state index in [0.29, 0.717) is 6.04 Å². The molecule has 2 nitrogen and oxygen atoms in total. The average Bonchev–Trinajstić information content (AvgIpc) is 2.01. The van der Waals surface area contributed by atoms with E-state index in [4.69, 9.17) is 4.74 Å². The molecule has 0 bridgehead atoms. The van der Waals surface area contributed by atoms with Gasteiger partial charge in [0.05, 0.1) is 7.11 Å². The summed E-state index contributed by atoms with van der Waals surface area (Å²) in [6, 6.07) is 6.66. The van der Waals surface area contributed by atoms with Gasteiger partial charge < -0.3 is 4.74 Å². The van der Waals surface area contributed by atoms with Crippen LogP contribution in [0.1, 0.15) is 11.1 Å². The number of benzene rings is 1. The van der Waals surface area contributed by atoms with E-state index in [-0.39, 0.29) is 0 Å². The second-order valence-corrected chi connectivity index (χ2v) is 8.11. The Morgan fingerprint density at radius 1 is 1.36 bits per heavy atom. The van der Waals surface area contributed by atoms with Crippen LogP contribution in [0.5, 0.6) is 5.75 Å². The van der Waals surface area contributed by atoms with E-state index in [1.54, 1.807) is 7.11 Å². The SMILES string of the molecule is COc1ccc(C[Si](C)(C)[O])cc1C. The number of aryl methyl sites for hydroxylation is 1. The molecule has 0 aromatic heterocycles. The van der Waals surface area contributed by atoms with Crippen molar-refractivity contribution in [2.45, 2.75) is 26.1 Å². The zero-order valence-corrected chi connectivity index (χ0v) is 10.3. The van der Waals surface area contributed by atoms with Crippen LogP contribution in [-0.2, 0) is 10.8 Å². The van der Waals surface area contributed by atoms with E-state index >= 15 is 0 Å². The first-order chi connectivity index (χ1) is 6.42. The molecular weight excluding hydrogens is 192 g/mol. The lowest BCUT2D eigenvalue weighted by Crippen LogP contribution is -2.26. The van der Waals surface area contributed by atoms with Gasteiger partial charge in [0.2, 0.25) is 8.32 Å². The van der Waals surface area contributed by atoms with Gasteiger partial charge in [-0.3, -0.25) is 4.80 Å². The van der Waals surface area contributed by atoms with Crippen LogP contribution >= 0.6 is 0 Å². The quantitative estimate of drug-likeness (QED) is 0.704. The van der Waals surface area contributed by atoms with Crippen LogP contribution < -0.4 is 4.74 Å². The Bertz CT molecular complexity index is 316. The standard InChI is InChI=1S/C11H17O2Si/c1-9-7-10(8-14(3,4)12)5-6-11(9)13-2/h5-7H,8H2,1-4H3. The third-order valence-electron chi connectivity index (χ3n) is 2.09. The number of rotatable bonds is 3. The first kappa shape index (κ1) is 11.3. The molecule has 1 aromatic carbocycles. The van der Waals surface area contributed by atoms with E-state index in [1.807, 2.05) is 38.2 Å². The van der Waals surface area contributed by atoms with Crippen LogP contribution in [0.3, 0.4) is 0 Å². The Balaban J connectivity index is 2.87. The fourth-order valence-corrected chi connectivity index (χ4v) is 2.75. The van der Waals surface area contributed by atoms with E-state index in [1.165, 1.54) is 0 Å². The molecule has 77 valence electrons. The van der Waals surface area contributed by atoms with Gasteiger partial charge in [-0.15, -0.1) is 0 Å². The molecule has 0 fully saturated rings. The Labute approximate surface area is 86.7 Å². The fraction of sp³-hybridized carbons (Fsp3) is 0.455. The van der Waals surface area contributed by atoms with Crippen molar-refractivity contribution in [3.8, 4) is 5.75 Å². The predicted octanol–water partition coefficient (Wildman–Crippen LogP) is 2.72. The lowest BCUT2D eigenvalue weighted by Gasteiger charge is -2.12. The minimum atomic E-state index is -2.24. The number of hydrogen-bond acceptors (Lipinski definition) is 1. The van der Waals surface area contributed by atoms with E-state index in [2.05, 4.69) is 0 Å². The Kier molecular flexibility index (Phi) is 3.34. The van der Waals surface area contributed by atoms with Gasteiger partial charge in [-0.1, -0.05) is 12.1 Å². The van der Waals surface area contributed by atoms with Crippen molar-refractivity contribution < 1.29 is 9.53 Å². The molecule has 1 radical (unpaired) electrons. The third kappa shape index (κ3) is 3.16. The van der Waals surface area contributed by atoms with Crippen molar-refractivity contribution in [3.63, 3.8) is 0 Å². The summed E-state index contributed by atoms with van der Waals surface area (Å²) in [6.07, 6.45) is 0. The predicted molar refractivity (Wildman–Crippen MR) is 59.6 cm³/mol. The van der Waals surface area contributed by atoms with Crippen LogP contribution in [-0.4, -0.2) is 15.4 Å². The second-order valence-electron chi connectivity index (χ2n) is 4.24. The van der Waals surface area contributed by atoms with Gasteiger partial charge in [0.25, 0.3) is 0 Å². The lowest BCUT2D eigenvalue weighted by atomic mass is 10.1. The molecule has 0 spiro atoms. The molecule has 0 unspecified atom stereocenters. The molecule has 0 saturated heterocycles. The summed E-state index contributed by atoms with van der Waals surface area (Å²) in [5.41, 5.74) is 2.23. The van der Waals surface area contributed by atoms with Gasteiger partial charge in [-0.05, 0) is 43.3 Å². The van der Waals surface area contributed by atoms with Gasteiger partial charge >= 0.3 is 0 Å². The summed E-state index contributed by atoms with van der Waals surface area (Å²) < 4.78 is 5.16. The molecule has 0 heterocycles. The average molecular weight is 209 g/mol. The molecule has 14 heavy (non-hydrogen) atoms. The summed E-state index contributed by atoms with van der Waals surface area (Å²) in [7, 11) is -0.578. The second kappa shape index (κ2) is 4.15. The molecule has 1 aromatic rings. The van der Waals surface area contributed by atoms with Crippen LogP contribution in [0.25, 0.3) is 0 Å². The van der Waals surface area contributed by atoms with E-state index in [9.17, 15) is 4.80 Å². The first-order valence-corrected chi connectivity index (χ1v) is 7.88. The molecule has 0 aliphatic carbocycles. The molecule has 0 N–H and O–H groups in total. The maximum absolute atomic E-state index is 11.6. The number of ether oxygens (including phenoxy) is 1. The Hall–Kier alpha value is -0.803. The summed E-state index contributed by atoms with van der Waals surface area (Å²) in [4.78, 5) is 11.6. The molecule has 1 rings (SSSR count). The highest BCUT2D eigenvalue weighted by molar-refractivity contribution is 6.68. The summed E-state index contributed by atoms with van der Waals surface area (Å²) in [5, 5.41) is 0. The third-order valence-corrected chi connectivity index (χ3v) is 3.35. The van der Waals surface area contributed by atoms with Crippen molar-refractivity contribution in [3.05, 3.63) is 29.3 Å². The largest absolute Gasteiger partial charge is 0.496 e. The van der Waals surface area contributed by atoms with Gasteiger partial charge in [0.1, 0.15) is 5.75 Å². The van der Waals surface area contributed by atoms with Gasteiger partial charge in [0.15, 0.2) is 0 Å². The highest BCUT2D eigenvalue weighted by Crippen LogP contribution is 2.20. The van der Waals surface area contributed by atoms with Crippen molar-refractivity contribution in [2.24, 2.45) is 0 Å². The number of hydrogen-bond donors (Lipinski definition) is 0. The van der Waals surface area contributed by atoms with Gasteiger partial charge in [-0.25, -0.2) is 0 Å². The molecule has 0 aliphatic rings. The van der Waals surface area contributed by atoms with E-state index < -0.39 is 8.32 Å². The van der Waals surface area contributed by atoms with Crippen molar-refractivity contribution in [1.29, 1.82) is 0 Å². The summed E-state index contributed by atoms with van der Waals surface area (Å²) >= 11 is 0. The fourth-order valence-electron chi connectivity index (χ4n) is 1.54. The van der Waals surface area contributed by atoms with Crippen molar-refractivity contribution in [1.82, 2.24) is 0 Å². The van der Waals surface area contributed by atoms with Crippen LogP contribution in [0.2, 0.25) is 13.1 Å². The topological polar surface area (TPSA) is 29.1 Å². The molecule has 3 heteroatoms. The van der Waals surface area contributed by atoms with Crippen LogP contribution in [0, 0.1) is 6.92 Å². The van der Waals surface area contributed by atoms with E-state index in [0.717, 1.165) is 16.9 Å². The molecule has 0 saturated carbocycles. The lowest BCUT2D eigenvalue weighted by molar-refractivity contribution is 0.411. The smallest absolute Gasteiger partial charge is 0.235 e. The Morgan fingerprint density at radius 2 is 2.00 bits per heavy atom. The zero-order chi connectivity index (χ0) is 10.8. The highest BCUT2D eigenvalue weighted by atomic mass is 28.4. The highest BCUT2D eigenvalue weighted by Gasteiger charge is 2.20. The number of methoxy groups -OCH3 is 1. The van der Waals surface area contributed by atoms with Crippen LogP contribution in [0.4, 0.5) is 0 Å². The molecule has 0 amide bonds. The first-order valence-electron chi connectivity index (χ1n) is 4.76. The zero-order valence-electron chi connectivity index (χ0n) is 9.26. The Morgan fingerprint density at radius 3 is 2.43 bits per heavy atom. The summed E-state index contributed by atoms with van der Waals surface area (Å²) in [6.45, 7) is 5.68. The van der Waals surface area contributed by atoms with Gasteiger partial charge in [0, 0.05) is 0 Å². The molecular formula is C11H17O2Si. The van der Waals surface area contributed by atoms with Crippen molar-refractivity contribution in [2.75, 3.05) is 7.11 Å². The maximum Gasteiger partial charge on any atom is 0.235 e. The minimum Gasteiger partial charge on any atom is -0.496 e. The molecule has 0 aliphatic heterocycles. The van der Waals surface area contributed by atoms with Crippen LogP contribution in [0.15, 0.2) is 18.2 Å². The van der Waals surface area contributed by atoms with Crippen molar-refractivity contribution >= 4 is 8.32 Å². The summed E-state index contributed by atoms with van der Waals surface area (Å²) in [5.74, 6) is 0.888. The van der Waals surface area contributed by atoms with Gasteiger partial charge in [-0.2, -0.15) is 0 Å².